The lowest BCUT2D eigenvalue weighted by Crippen LogP contribution is -2.29. The first-order chi connectivity index (χ1) is 31.2. The molecule has 1 nitrogen and oxygen atoms in total. The van der Waals surface area contributed by atoms with E-state index in [0.717, 1.165) is 17.1 Å². The zero-order chi connectivity index (χ0) is 43.6. The van der Waals surface area contributed by atoms with Crippen molar-refractivity contribution in [3.8, 4) is 22.3 Å². The first-order valence-electron chi connectivity index (χ1n) is 22.9. The molecule has 2 unspecified atom stereocenters. The number of hydrogen-bond donors (Lipinski definition) is 0. The van der Waals surface area contributed by atoms with Gasteiger partial charge in [-0.1, -0.05) is 223 Å². The van der Waals surface area contributed by atoms with Gasteiger partial charge in [-0.15, -0.1) is 0 Å². The van der Waals surface area contributed by atoms with Crippen LogP contribution in [0.4, 0.5) is 17.1 Å². The molecule has 9 aromatic rings. The molecule has 0 saturated heterocycles. The molecule has 0 radical (unpaired) electrons. The van der Waals surface area contributed by atoms with Crippen LogP contribution in [0.1, 0.15) is 96.2 Å². The van der Waals surface area contributed by atoms with Gasteiger partial charge in [0.05, 0.1) is 10.8 Å². The molecular formula is C63H53N. The Kier molecular flexibility index (Phi) is 9.44. The number of nitrogens with zero attached hydrogens (tertiary/aromatic N) is 1. The normalized spacial score (nSPS) is 17.1. The Bertz CT molecular complexity index is 3160. The molecule has 1 heteroatoms. The van der Waals surface area contributed by atoms with Gasteiger partial charge in [0, 0.05) is 17.1 Å². The highest BCUT2D eigenvalue weighted by molar-refractivity contribution is 5.92. The van der Waals surface area contributed by atoms with Crippen molar-refractivity contribution in [1.82, 2.24) is 0 Å². The standard InChI is InChI=1S/C63H53N/c1-43(2)44-20-19-25-49(40-44)63(47-23-11-7-12-24-47)58-31-18-16-29-54(58)56-39-37-52(42-60(56)63)64(50-26-13-8-14-27-50)51-36-38-55-53-28-15-17-30-57(53)62(59(55)41-51,46-21-9-6-10-22-46)48-34-32-45(33-35-48)61(3,4)5/h6-43H,1-5H3. The van der Waals surface area contributed by atoms with E-state index in [1.165, 1.54) is 77.9 Å². The molecule has 2 aliphatic rings. The van der Waals surface area contributed by atoms with Gasteiger partial charge in [0.15, 0.2) is 0 Å². The minimum absolute atomic E-state index is 0.0415. The SMILES string of the molecule is CC(C)c1cccc(C2(c3ccccc3)c3ccccc3-c3ccc(N(c4ccccc4)c4ccc5c(c4)C(c4ccccc4)(c4ccc(C(C)(C)C)cc4)c4ccccc4-5)cc32)c1. The van der Waals surface area contributed by atoms with E-state index in [1.807, 2.05) is 0 Å². The Morgan fingerprint density at radius 1 is 0.344 bits per heavy atom. The number of benzene rings is 9. The van der Waals surface area contributed by atoms with Gasteiger partial charge in [-0.05, 0) is 126 Å². The average molecular weight is 824 g/mol. The average Bonchev–Trinajstić information content (AvgIpc) is 3.80. The summed E-state index contributed by atoms with van der Waals surface area (Å²) in [5.74, 6) is 0.397. The first-order valence-corrected chi connectivity index (χ1v) is 22.9. The molecule has 64 heavy (non-hydrogen) atoms. The Morgan fingerprint density at radius 3 is 1.27 bits per heavy atom. The highest BCUT2D eigenvalue weighted by Crippen LogP contribution is 2.59. The fourth-order valence-corrected chi connectivity index (χ4v) is 11.1. The summed E-state index contributed by atoms with van der Waals surface area (Å²) in [5, 5.41) is 0. The summed E-state index contributed by atoms with van der Waals surface area (Å²) < 4.78 is 0. The molecule has 2 aliphatic carbocycles. The molecule has 0 fully saturated rings. The third kappa shape index (κ3) is 5.98. The number of fused-ring (bicyclic) bond motifs is 6. The van der Waals surface area contributed by atoms with Crippen LogP contribution in [0.5, 0.6) is 0 Å². The maximum Gasteiger partial charge on any atom is 0.0714 e. The van der Waals surface area contributed by atoms with Crippen LogP contribution in [0.2, 0.25) is 0 Å². The van der Waals surface area contributed by atoms with Gasteiger partial charge in [-0.3, -0.25) is 0 Å². The number of hydrogen-bond acceptors (Lipinski definition) is 1. The molecule has 0 aliphatic heterocycles. The van der Waals surface area contributed by atoms with Crippen molar-refractivity contribution in [2.45, 2.75) is 56.8 Å². The minimum atomic E-state index is -0.536. The smallest absolute Gasteiger partial charge is 0.0714 e. The Morgan fingerprint density at radius 2 is 0.766 bits per heavy atom. The fraction of sp³-hybridized carbons (Fsp3) is 0.143. The second-order valence-corrected chi connectivity index (χ2v) is 19.1. The number of anilines is 3. The third-order valence-corrected chi connectivity index (χ3v) is 14.2. The molecule has 11 rings (SSSR count). The summed E-state index contributed by atoms with van der Waals surface area (Å²) >= 11 is 0. The monoisotopic (exact) mass is 823 g/mol. The largest absolute Gasteiger partial charge is 0.310 e. The highest BCUT2D eigenvalue weighted by atomic mass is 15.1. The lowest BCUT2D eigenvalue weighted by atomic mass is 9.67. The zero-order valence-electron chi connectivity index (χ0n) is 37.4. The second-order valence-electron chi connectivity index (χ2n) is 19.1. The van der Waals surface area contributed by atoms with E-state index < -0.39 is 10.8 Å². The van der Waals surface area contributed by atoms with Crippen molar-refractivity contribution < 1.29 is 0 Å². The van der Waals surface area contributed by atoms with Crippen LogP contribution in [0.25, 0.3) is 22.3 Å². The maximum absolute atomic E-state index is 2.50. The van der Waals surface area contributed by atoms with Crippen molar-refractivity contribution in [3.05, 3.63) is 280 Å². The Labute approximate surface area is 379 Å². The van der Waals surface area contributed by atoms with E-state index in [4.69, 9.17) is 0 Å². The molecule has 2 atom stereocenters. The molecule has 0 bridgehead atoms. The number of rotatable bonds is 8. The third-order valence-electron chi connectivity index (χ3n) is 14.2. The molecule has 0 saturated carbocycles. The molecular weight excluding hydrogens is 771 g/mol. The van der Waals surface area contributed by atoms with E-state index in [2.05, 4.69) is 264 Å². The predicted octanol–water partition coefficient (Wildman–Crippen LogP) is 16.3. The van der Waals surface area contributed by atoms with Crippen molar-refractivity contribution in [2.24, 2.45) is 0 Å². The van der Waals surface area contributed by atoms with E-state index in [0.29, 0.717) is 5.92 Å². The highest BCUT2D eigenvalue weighted by Gasteiger charge is 2.48. The van der Waals surface area contributed by atoms with Crippen LogP contribution in [-0.4, -0.2) is 0 Å². The summed E-state index contributed by atoms with van der Waals surface area (Å²) in [6.07, 6.45) is 0. The molecule has 9 aromatic carbocycles. The van der Waals surface area contributed by atoms with Gasteiger partial charge in [-0.2, -0.15) is 0 Å². The summed E-state index contributed by atoms with van der Waals surface area (Å²) in [4.78, 5) is 2.48. The summed E-state index contributed by atoms with van der Waals surface area (Å²) in [6, 6.07) is 84.6. The molecule has 0 heterocycles. The molecule has 0 aromatic heterocycles. The maximum atomic E-state index is 2.50. The van der Waals surface area contributed by atoms with Gasteiger partial charge in [0.25, 0.3) is 0 Å². The first kappa shape index (κ1) is 39.6. The van der Waals surface area contributed by atoms with E-state index in [1.54, 1.807) is 0 Å². The van der Waals surface area contributed by atoms with Crippen LogP contribution in [-0.2, 0) is 16.2 Å². The molecule has 310 valence electrons. The van der Waals surface area contributed by atoms with Gasteiger partial charge in [0.2, 0.25) is 0 Å². The summed E-state index contributed by atoms with van der Waals surface area (Å²) in [6.45, 7) is 11.5. The van der Waals surface area contributed by atoms with Crippen molar-refractivity contribution >= 4 is 17.1 Å². The Hall–Kier alpha value is -7.22. The summed E-state index contributed by atoms with van der Waals surface area (Å²) in [7, 11) is 0. The van der Waals surface area contributed by atoms with Crippen LogP contribution in [0, 0.1) is 0 Å². The van der Waals surface area contributed by atoms with Gasteiger partial charge < -0.3 is 4.90 Å². The van der Waals surface area contributed by atoms with Gasteiger partial charge in [0.1, 0.15) is 0 Å². The van der Waals surface area contributed by atoms with E-state index >= 15 is 0 Å². The summed E-state index contributed by atoms with van der Waals surface area (Å²) in [5.41, 5.74) is 20.4. The quantitative estimate of drug-likeness (QED) is 0.148. The fourth-order valence-electron chi connectivity index (χ4n) is 11.1. The van der Waals surface area contributed by atoms with Gasteiger partial charge >= 0.3 is 0 Å². The van der Waals surface area contributed by atoms with Crippen molar-refractivity contribution in [2.75, 3.05) is 4.90 Å². The number of para-hydroxylation sites is 1. The molecule has 0 spiro atoms. The van der Waals surface area contributed by atoms with Crippen LogP contribution in [0.15, 0.2) is 224 Å². The topological polar surface area (TPSA) is 3.24 Å². The van der Waals surface area contributed by atoms with E-state index in [9.17, 15) is 0 Å². The van der Waals surface area contributed by atoms with Crippen LogP contribution >= 0.6 is 0 Å². The second kappa shape index (κ2) is 15.2. The lowest BCUT2D eigenvalue weighted by Gasteiger charge is -2.36. The van der Waals surface area contributed by atoms with Gasteiger partial charge in [-0.25, -0.2) is 0 Å². The van der Waals surface area contributed by atoms with Crippen molar-refractivity contribution in [3.63, 3.8) is 0 Å². The predicted molar refractivity (Wildman–Crippen MR) is 269 cm³/mol. The molecule has 0 N–H and O–H groups in total. The molecule has 0 amide bonds. The lowest BCUT2D eigenvalue weighted by molar-refractivity contribution is 0.589. The minimum Gasteiger partial charge on any atom is -0.310 e. The van der Waals surface area contributed by atoms with E-state index in [-0.39, 0.29) is 5.41 Å². The Balaban J connectivity index is 1.18. The zero-order valence-corrected chi connectivity index (χ0v) is 37.4. The van der Waals surface area contributed by atoms with Crippen LogP contribution < -0.4 is 4.90 Å². The van der Waals surface area contributed by atoms with Crippen molar-refractivity contribution in [1.29, 1.82) is 0 Å². The van der Waals surface area contributed by atoms with Crippen LogP contribution in [0.3, 0.4) is 0 Å².